The van der Waals surface area contributed by atoms with Gasteiger partial charge < -0.3 is 45.6 Å². The number of phenolic OH excluding ortho intramolecular Hbond substituents is 7. The molecule has 8 N–H and O–H groups in total. The van der Waals surface area contributed by atoms with Crippen molar-refractivity contribution in [2.75, 3.05) is 0 Å². The van der Waals surface area contributed by atoms with Gasteiger partial charge in [0, 0.05) is 29.8 Å². The van der Waals surface area contributed by atoms with Crippen molar-refractivity contribution >= 4 is 5.97 Å². The van der Waals surface area contributed by atoms with Crippen LogP contribution in [0.15, 0.2) is 36.4 Å². The Morgan fingerprint density at radius 2 is 1.40 bits per heavy atom. The summed E-state index contributed by atoms with van der Waals surface area (Å²) in [4.78, 5) is 10.3. The van der Waals surface area contributed by atoms with Gasteiger partial charge in [-0.2, -0.15) is 0 Å². The lowest BCUT2D eigenvalue weighted by Crippen LogP contribution is -2.15. The number of aromatic carboxylic acids is 1. The maximum atomic E-state index is 12.6. The van der Waals surface area contributed by atoms with Crippen LogP contribution in [0.3, 0.4) is 0 Å². The second-order valence-corrected chi connectivity index (χ2v) is 7.12. The summed E-state index contributed by atoms with van der Waals surface area (Å²) in [5.41, 5.74) is 0.429. The van der Waals surface area contributed by atoms with Gasteiger partial charge in [0.15, 0.2) is 28.7 Å². The molecule has 10 nitrogen and oxygen atoms in total. The van der Waals surface area contributed by atoms with Crippen molar-refractivity contribution < 1.29 is 54.8 Å². The van der Waals surface area contributed by atoms with Crippen molar-refractivity contribution in [3.8, 4) is 46.0 Å². The number of carboxylic acids is 1. The van der Waals surface area contributed by atoms with E-state index in [1.165, 1.54) is 24.3 Å². The van der Waals surface area contributed by atoms with Crippen LogP contribution in [-0.2, 0) is 6.42 Å². The summed E-state index contributed by atoms with van der Waals surface area (Å²) >= 11 is 0. The molecule has 0 saturated carbocycles. The Morgan fingerprint density at radius 3 is 1.97 bits per heavy atom. The minimum atomic E-state index is -1.50. The zero-order chi connectivity index (χ0) is 26.4. The first-order chi connectivity index (χ1) is 16.5. The molecule has 1 aliphatic heterocycles. The Labute approximate surface area is 199 Å². The Balaban J connectivity index is 0.000000263. The molecule has 0 amide bonds. The Morgan fingerprint density at radius 1 is 0.829 bits per heavy atom. The van der Waals surface area contributed by atoms with E-state index in [9.17, 15) is 34.7 Å². The summed E-state index contributed by atoms with van der Waals surface area (Å²) in [5.74, 6) is -5.15. The molecule has 0 spiro atoms. The molecule has 1 unspecified atom stereocenters. The highest BCUT2D eigenvalue weighted by Crippen LogP contribution is 2.44. The van der Waals surface area contributed by atoms with Crippen LogP contribution in [0.5, 0.6) is 46.0 Å². The fourth-order valence-corrected chi connectivity index (χ4v) is 3.22. The average Bonchev–Trinajstić information content (AvgIpc) is 2.80. The lowest BCUT2D eigenvalue weighted by atomic mass is 9.96. The van der Waals surface area contributed by atoms with Crippen LogP contribution in [0.4, 0.5) is 4.39 Å². The average molecular weight is 492 g/mol. The highest BCUT2D eigenvalue weighted by molar-refractivity contribution is 5.88. The van der Waals surface area contributed by atoms with Gasteiger partial charge in [0.05, 0.1) is 5.56 Å². The van der Waals surface area contributed by atoms with E-state index in [-0.39, 0.29) is 11.5 Å². The number of halogens is 1. The topological polar surface area (TPSA) is 188 Å². The van der Waals surface area contributed by atoms with E-state index in [4.69, 9.17) is 20.1 Å². The van der Waals surface area contributed by atoms with Crippen LogP contribution >= 0.6 is 0 Å². The number of hydrogen-bond acceptors (Lipinski definition) is 9. The quantitative estimate of drug-likeness (QED) is 0.240. The van der Waals surface area contributed by atoms with E-state index < -0.39 is 52.2 Å². The van der Waals surface area contributed by atoms with Crippen molar-refractivity contribution in [2.45, 2.75) is 32.8 Å². The van der Waals surface area contributed by atoms with Gasteiger partial charge in [-0.05, 0) is 30.5 Å². The number of phenols is 7. The molecule has 35 heavy (non-hydrogen) atoms. The molecule has 0 radical (unpaired) electrons. The van der Waals surface area contributed by atoms with Crippen LogP contribution in [0.1, 0.15) is 47.9 Å². The molecular formula is C24H25FO10. The number of carboxylic acid groups (broad SMARTS) is 1. The van der Waals surface area contributed by atoms with Crippen molar-refractivity contribution in [2.24, 2.45) is 0 Å². The molecule has 0 bridgehead atoms. The molecule has 0 fully saturated rings. The van der Waals surface area contributed by atoms with Gasteiger partial charge in [-0.3, -0.25) is 0 Å². The maximum absolute atomic E-state index is 12.6. The molecule has 3 aromatic rings. The smallest absolute Gasteiger partial charge is 0.338 e. The van der Waals surface area contributed by atoms with Gasteiger partial charge in [0.1, 0.15) is 29.2 Å². The number of fused-ring (bicyclic) bond motifs is 1. The van der Waals surface area contributed by atoms with E-state index in [1.807, 2.05) is 13.8 Å². The van der Waals surface area contributed by atoms with E-state index in [0.717, 1.165) is 0 Å². The molecule has 1 aliphatic rings. The van der Waals surface area contributed by atoms with Gasteiger partial charge >= 0.3 is 5.97 Å². The highest BCUT2D eigenvalue weighted by atomic mass is 19.1. The van der Waals surface area contributed by atoms with Crippen molar-refractivity contribution in [3.05, 3.63) is 58.9 Å². The van der Waals surface area contributed by atoms with Gasteiger partial charge in [0.25, 0.3) is 0 Å². The summed E-state index contributed by atoms with van der Waals surface area (Å²) in [6, 6.07) is 6.47. The molecule has 3 aromatic carbocycles. The summed E-state index contributed by atoms with van der Waals surface area (Å²) in [7, 11) is 0. The summed E-state index contributed by atoms with van der Waals surface area (Å²) in [5, 5.41) is 73.6. The Hall–Kier alpha value is -4.54. The fraction of sp³-hybridized carbons (Fsp3) is 0.208. The summed E-state index contributed by atoms with van der Waals surface area (Å²) in [6.45, 7) is 4.00. The van der Waals surface area contributed by atoms with Crippen LogP contribution in [0.2, 0.25) is 0 Å². The minimum absolute atomic E-state index is 0.0279. The Kier molecular flexibility index (Phi) is 8.44. The van der Waals surface area contributed by atoms with Gasteiger partial charge in [0.2, 0.25) is 0 Å². The third-order valence-electron chi connectivity index (χ3n) is 4.85. The molecule has 1 atom stereocenters. The van der Waals surface area contributed by atoms with E-state index in [0.29, 0.717) is 41.9 Å². The molecule has 0 saturated heterocycles. The van der Waals surface area contributed by atoms with E-state index in [2.05, 4.69) is 0 Å². The lowest BCUT2D eigenvalue weighted by Gasteiger charge is -2.27. The number of aromatic hydroxyl groups is 7. The predicted octanol–water partition coefficient (Wildman–Crippen LogP) is 4.24. The highest BCUT2D eigenvalue weighted by Gasteiger charge is 2.26. The number of rotatable bonds is 2. The van der Waals surface area contributed by atoms with Crippen molar-refractivity contribution in [1.82, 2.24) is 0 Å². The van der Waals surface area contributed by atoms with Gasteiger partial charge in [-0.25, -0.2) is 9.18 Å². The third-order valence-corrected chi connectivity index (χ3v) is 4.85. The second kappa shape index (κ2) is 11.1. The standard InChI is InChI=1S/C15H14O6.C7H5FO4.C2H6/c16-8-5-10(17)9-1-2-13(21-14(9)6-8)7-3-11(18)15(20)12(19)4-7;8-4-2-6(10)5(9)1-3(4)7(11)12;1-2/h3-6,13,16-20H,1-2H2;1-2,9-10H,(H,11,12);1-2H3. The predicted molar refractivity (Wildman–Crippen MR) is 121 cm³/mol. The first-order valence-corrected chi connectivity index (χ1v) is 10.4. The molecule has 4 rings (SSSR count). The fourth-order valence-electron chi connectivity index (χ4n) is 3.22. The Bertz CT molecular complexity index is 1200. The van der Waals surface area contributed by atoms with Crippen LogP contribution in [-0.4, -0.2) is 46.8 Å². The first-order valence-electron chi connectivity index (χ1n) is 10.4. The van der Waals surface area contributed by atoms with Crippen molar-refractivity contribution in [1.29, 1.82) is 0 Å². The van der Waals surface area contributed by atoms with E-state index >= 15 is 0 Å². The maximum Gasteiger partial charge on any atom is 0.338 e. The molecular weight excluding hydrogens is 467 g/mol. The van der Waals surface area contributed by atoms with Crippen LogP contribution in [0.25, 0.3) is 0 Å². The third kappa shape index (κ3) is 6.08. The largest absolute Gasteiger partial charge is 0.508 e. The molecule has 1 heterocycles. The summed E-state index contributed by atoms with van der Waals surface area (Å²) in [6.07, 6.45) is 0.583. The number of hydrogen-bond donors (Lipinski definition) is 8. The number of carbonyl (C=O) groups is 1. The molecule has 188 valence electrons. The summed E-state index contributed by atoms with van der Waals surface area (Å²) < 4.78 is 18.3. The minimum Gasteiger partial charge on any atom is -0.508 e. The normalized spacial score (nSPS) is 13.7. The monoisotopic (exact) mass is 492 g/mol. The second-order valence-electron chi connectivity index (χ2n) is 7.12. The molecule has 0 aromatic heterocycles. The lowest BCUT2D eigenvalue weighted by molar-refractivity contribution is 0.0691. The van der Waals surface area contributed by atoms with Crippen molar-refractivity contribution in [3.63, 3.8) is 0 Å². The first kappa shape index (κ1) is 26.7. The van der Waals surface area contributed by atoms with E-state index in [1.54, 1.807) is 0 Å². The zero-order valence-corrected chi connectivity index (χ0v) is 18.7. The zero-order valence-electron chi connectivity index (χ0n) is 18.7. The molecule has 0 aliphatic carbocycles. The molecule has 11 heteroatoms. The van der Waals surface area contributed by atoms with Crippen LogP contribution < -0.4 is 4.74 Å². The van der Waals surface area contributed by atoms with Gasteiger partial charge in [-0.1, -0.05) is 13.8 Å². The van der Waals surface area contributed by atoms with Gasteiger partial charge in [-0.15, -0.1) is 0 Å². The van der Waals surface area contributed by atoms with Crippen LogP contribution in [0, 0.1) is 5.82 Å². The SMILES string of the molecule is CC.O=C(O)c1cc(O)c(O)cc1F.Oc1cc(O)c2c(c1)OC(c1cc(O)c(O)c(O)c1)CC2. The number of ether oxygens (including phenoxy) is 1. The number of benzene rings is 3.